The average molecular weight is 550 g/mol. The van der Waals surface area contributed by atoms with Crippen molar-refractivity contribution in [1.82, 2.24) is 14.5 Å². The molecule has 0 bridgehead atoms. The molecule has 1 aliphatic carbocycles. The number of hydrogen-bond acceptors (Lipinski definition) is 5. The van der Waals surface area contributed by atoms with E-state index in [0.29, 0.717) is 49.2 Å². The number of amides is 1. The highest BCUT2D eigenvalue weighted by molar-refractivity contribution is 5.68. The molecule has 0 atom stereocenters. The second-order valence-corrected chi connectivity index (χ2v) is 11.0. The largest absolute Gasteiger partial charge is 0.446 e. The van der Waals surface area contributed by atoms with Crippen LogP contribution in [0.25, 0.3) is 0 Å². The maximum atomic E-state index is 13.9. The van der Waals surface area contributed by atoms with Crippen LogP contribution in [0.1, 0.15) is 52.7 Å². The van der Waals surface area contributed by atoms with E-state index >= 15 is 0 Å². The first-order valence-corrected chi connectivity index (χ1v) is 14.3. The maximum Gasteiger partial charge on any atom is 0.410 e. The number of benzene rings is 3. The first-order valence-electron chi connectivity index (χ1n) is 14.3. The SMILES string of the molecule is Cc1nc2c(c(=O)n1C(c1ccccc1)c1ccccc1)CCN(C(=O)O[C@H]1C[C@H](COCc3ccccc3)C1)C2. The van der Waals surface area contributed by atoms with Crippen molar-refractivity contribution in [1.29, 1.82) is 0 Å². The van der Waals surface area contributed by atoms with Crippen LogP contribution in [-0.4, -0.2) is 39.8 Å². The van der Waals surface area contributed by atoms with Gasteiger partial charge in [-0.15, -0.1) is 0 Å². The van der Waals surface area contributed by atoms with Crippen molar-refractivity contribution in [3.05, 3.63) is 135 Å². The van der Waals surface area contributed by atoms with Crippen molar-refractivity contribution in [3.8, 4) is 0 Å². The Morgan fingerprint density at radius 3 is 2.17 bits per heavy atom. The third kappa shape index (κ3) is 5.95. The quantitative estimate of drug-likeness (QED) is 0.283. The van der Waals surface area contributed by atoms with Crippen LogP contribution in [0.15, 0.2) is 95.8 Å². The molecule has 1 amide bonds. The normalized spacial score (nSPS) is 18.0. The summed E-state index contributed by atoms with van der Waals surface area (Å²) in [5.41, 5.74) is 4.50. The van der Waals surface area contributed by atoms with Gasteiger partial charge in [0.1, 0.15) is 11.9 Å². The van der Waals surface area contributed by atoms with Crippen molar-refractivity contribution in [3.63, 3.8) is 0 Å². The van der Waals surface area contributed by atoms with Crippen molar-refractivity contribution in [2.24, 2.45) is 5.92 Å². The van der Waals surface area contributed by atoms with Gasteiger partial charge in [-0.05, 0) is 48.8 Å². The summed E-state index contributed by atoms with van der Waals surface area (Å²) in [6, 6.07) is 29.9. The zero-order chi connectivity index (χ0) is 28.2. The topological polar surface area (TPSA) is 73.7 Å². The number of carbonyl (C=O) groups excluding carboxylic acids is 1. The fraction of sp³-hybridized carbons (Fsp3) is 0.324. The number of ether oxygens (including phenoxy) is 2. The molecule has 0 spiro atoms. The highest BCUT2D eigenvalue weighted by atomic mass is 16.6. The highest BCUT2D eigenvalue weighted by Gasteiger charge is 2.35. The van der Waals surface area contributed by atoms with Gasteiger partial charge in [0.15, 0.2) is 0 Å². The number of aryl methyl sites for hydroxylation is 1. The number of hydrogen-bond donors (Lipinski definition) is 0. The van der Waals surface area contributed by atoms with Crippen LogP contribution in [0.2, 0.25) is 0 Å². The summed E-state index contributed by atoms with van der Waals surface area (Å²) in [6.45, 7) is 3.85. The van der Waals surface area contributed by atoms with E-state index in [9.17, 15) is 9.59 Å². The second kappa shape index (κ2) is 12.1. The van der Waals surface area contributed by atoms with Crippen LogP contribution in [0.4, 0.5) is 4.79 Å². The lowest BCUT2D eigenvalue weighted by Crippen LogP contribution is -2.44. The van der Waals surface area contributed by atoms with Crippen LogP contribution in [0, 0.1) is 12.8 Å². The smallest absolute Gasteiger partial charge is 0.410 e. The van der Waals surface area contributed by atoms with Crippen LogP contribution in [0.5, 0.6) is 0 Å². The number of rotatable bonds is 8. The third-order valence-electron chi connectivity index (χ3n) is 8.12. The van der Waals surface area contributed by atoms with E-state index in [-0.39, 0.29) is 30.3 Å². The molecule has 0 saturated heterocycles. The van der Waals surface area contributed by atoms with Gasteiger partial charge in [-0.3, -0.25) is 9.36 Å². The average Bonchev–Trinajstić information content (AvgIpc) is 2.99. The predicted molar refractivity (Wildman–Crippen MR) is 157 cm³/mol. The van der Waals surface area contributed by atoms with Crippen LogP contribution >= 0.6 is 0 Å². The molecule has 1 fully saturated rings. The van der Waals surface area contributed by atoms with Crippen molar-refractivity contribution in [2.75, 3.05) is 13.2 Å². The van der Waals surface area contributed by atoms with Gasteiger partial charge in [-0.2, -0.15) is 0 Å². The molecule has 6 rings (SSSR count). The molecule has 1 aromatic heterocycles. The standard InChI is InChI=1S/C34H35N3O4/c1-24-35-31-21-36(34(39)41-29-19-26(20-29)23-40-22-25-11-5-2-6-12-25)18-17-30(31)33(38)37(24)32(27-13-7-3-8-14-27)28-15-9-4-10-16-28/h2-16,26,29,32H,17-23H2,1H3/t26-,29-. The number of fused-ring (bicyclic) bond motifs is 1. The van der Waals surface area contributed by atoms with Gasteiger partial charge in [-0.25, -0.2) is 9.78 Å². The Balaban J connectivity index is 1.10. The summed E-state index contributed by atoms with van der Waals surface area (Å²) in [7, 11) is 0. The number of nitrogens with zero attached hydrogens (tertiary/aromatic N) is 3. The molecule has 1 aliphatic heterocycles. The lowest BCUT2D eigenvalue weighted by atomic mass is 9.83. The fourth-order valence-electron chi connectivity index (χ4n) is 5.88. The molecular formula is C34H35N3O4. The Morgan fingerprint density at radius 2 is 1.54 bits per heavy atom. The molecule has 7 nitrogen and oxygen atoms in total. The van der Waals surface area contributed by atoms with Gasteiger partial charge in [0.05, 0.1) is 31.5 Å². The molecule has 7 heteroatoms. The van der Waals surface area contributed by atoms with Gasteiger partial charge in [0.2, 0.25) is 0 Å². The van der Waals surface area contributed by atoms with E-state index < -0.39 is 0 Å². The Bertz CT molecular complexity index is 1490. The van der Waals surface area contributed by atoms with E-state index in [1.165, 1.54) is 0 Å². The Hall–Kier alpha value is -4.23. The van der Waals surface area contributed by atoms with Crippen LogP contribution in [-0.2, 0) is 29.0 Å². The third-order valence-corrected chi connectivity index (χ3v) is 8.12. The summed E-state index contributed by atoms with van der Waals surface area (Å²) >= 11 is 0. The summed E-state index contributed by atoms with van der Waals surface area (Å²) in [4.78, 5) is 33.4. The van der Waals surface area contributed by atoms with Gasteiger partial charge in [-0.1, -0.05) is 91.0 Å². The molecule has 0 N–H and O–H groups in total. The molecule has 2 aliphatic rings. The molecule has 2 heterocycles. The van der Waals surface area contributed by atoms with Crippen molar-refractivity contribution >= 4 is 6.09 Å². The summed E-state index contributed by atoms with van der Waals surface area (Å²) in [5, 5.41) is 0. The lowest BCUT2D eigenvalue weighted by Gasteiger charge is -2.36. The second-order valence-electron chi connectivity index (χ2n) is 11.0. The monoisotopic (exact) mass is 549 g/mol. The van der Waals surface area contributed by atoms with Gasteiger partial charge < -0.3 is 14.4 Å². The Kier molecular flexibility index (Phi) is 7.96. The number of aromatic nitrogens is 2. The lowest BCUT2D eigenvalue weighted by molar-refractivity contribution is -0.0356. The van der Waals surface area contributed by atoms with Gasteiger partial charge in [0.25, 0.3) is 5.56 Å². The van der Waals surface area contributed by atoms with Crippen LogP contribution < -0.4 is 5.56 Å². The minimum atomic E-state index is -0.334. The number of carbonyl (C=O) groups is 1. The fourth-order valence-corrected chi connectivity index (χ4v) is 5.88. The summed E-state index contributed by atoms with van der Waals surface area (Å²) in [6.07, 6.45) is 1.66. The molecule has 210 valence electrons. The Morgan fingerprint density at radius 1 is 0.927 bits per heavy atom. The molecule has 41 heavy (non-hydrogen) atoms. The maximum absolute atomic E-state index is 13.9. The molecule has 1 saturated carbocycles. The zero-order valence-corrected chi connectivity index (χ0v) is 23.3. The van der Waals surface area contributed by atoms with Gasteiger partial charge in [0, 0.05) is 12.1 Å². The minimum absolute atomic E-state index is 0.0458. The van der Waals surface area contributed by atoms with E-state index in [2.05, 4.69) is 12.1 Å². The first-order chi connectivity index (χ1) is 20.1. The molecule has 0 unspecified atom stereocenters. The van der Waals surface area contributed by atoms with Crippen molar-refractivity contribution in [2.45, 2.75) is 51.5 Å². The van der Waals surface area contributed by atoms with Crippen LogP contribution in [0.3, 0.4) is 0 Å². The summed E-state index contributed by atoms with van der Waals surface area (Å²) < 4.78 is 13.4. The highest BCUT2D eigenvalue weighted by Crippen LogP contribution is 2.32. The minimum Gasteiger partial charge on any atom is -0.446 e. The zero-order valence-electron chi connectivity index (χ0n) is 23.3. The Labute approximate surface area is 240 Å². The molecule has 0 radical (unpaired) electrons. The van der Waals surface area contributed by atoms with E-state index in [1.54, 1.807) is 9.47 Å². The summed E-state index contributed by atoms with van der Waals surface area (Å²) in [5.74, 6) is 1.03. The van der Waals surface area contributed by atoms with E-state index in [0.717, 1.165) is 29.5 Å². The predicted octanol–water partition coefficient (Wildman–Crippen LogP) is 5.68. The van der Waals surface area contributed by atoms with E-state index in [4.69, 9.17) is 14.5 Å². The molecule has 3 aromatic carbocycles. The first kappa shape index (κ1) is 27.0. The van der Waals surface area contributed by atoms with Crippen molar-refractivity contribution < 1.29 is 14.3 Å². The molecular weight excluding hydrogens is 514 g/mol. The van der Waals surface area contributed by atoms with Gasteiger partial charge >= 0.3 is 6.09 Å². The molecule has 4 aromatic rings. The van der Waals surface area contributed by atoms with E-state index in [1.807, 2.05) is 85.8 Å².